The maximum Gasteiger partial charge on any atom is 0.255 e. The van der Waals surface area contributed by atoms with Crippen LogP contribution in [-0.4, -0.2) is 60.4 Å². The minimum absolute atomic E-state index is 0. The average Bonchev–Trinajstić information content (AvgIpc) is 2.55. The van der Waals surface area contributed by atoms with Gasteiger partial charge in [0.25, 0.3) is 5.91 Å². The summed E-state index contributed by atoms with van der Waals surface area (Å²) in [4.78, 5) is 28.7. The van der Waals surface area contributed by atoms with Gasteiger partial charge in [0.1, 0.15) is 0 Å². The summed E-state index contributed by atoms with van der Waals surface area (Å²) >= 11 is 3.50. The molecule has 2 saturated heterocycles. The lowest BCUT2D eigenvalue weighted by Crippen LogP contribution is -2.57. The Hall–Kier alpha value is -1.11. The first-order valence-electron chi connectivity index (χ1n) is 8.12. The molecule has 0 spiro atoms. The predicted molar refractivity (Wildman–Crippen MR) is 99.6 cm³/mol. The van der Waals surface area contributed by atoms with Crippen molar-refractivity contribution in [3.63, 3.8) is 0 Å². The van der Waals surface area contributed by atoms with Crippen LogP contribution >= 0.6 is 28.3 Å². The number of hydrogen-bond acceptors (Lipinski definition) is 3. The Kier molecular flexibility index (Phi) is 6.66. The molecule has 1 N–H and O–H groups in total. The molecule has 2 amide bonds. The van der Waals surface area contributed by atoms with Crippen LogP contribution < -0.4 is 5.32 Å². The number of amides is 2. The SMILES string of the molecule is Cc1ccc(C(=O)N2CCCC(N3CCNCC3=O)C2)c(Br)c1.Cl. The number of likely N-dealkylation sites (tertiary alicyclic amines) is 1. The Morgan fingerprint density at radius 3 is 2.83 bits per heavy atom. The number of carbonyl (C=O) groups is 2. The molecule has 2 heterocycles. The summed E-state index contributed by atoms with van der Waals surface area (Å²) in [6.07, 6.45) is 1.92. The van der Waals surface area contributed by atoms with Crippen LogP contribution in [0, 0.1) is 6.92 Å². The van der Waals surface area contributed by atoms with Crippen molar-refractivity contribution in [3.8, 4) is 0 Å². The lowest BCUT2D eigenvalue weighted by atomic mass is 10.0. The number of benzene rings is 1. The third-order valence-corrected chi connectivity index (χ3v) is 5.26. The smallest absolute Gasteiger partial charge is 0.255 e. The molecule has 3 rings (SSSR count). The van der Waals surface area contributed by atoms with Crippen LogP contribution in [0.1, 0.15) is 28.8 Å². The highest BCUT2D eigenvalue weighted by Crippen LogP contribution is 2.23. The Morgan fingerprint density at radius 1 is 1.33 bits per heavy atom. The van der Waals surface area contributed by atoms with Crippen LogP contribution in [0.5, 0.6) is 0 Å². The molecule has 7 heteroatoms. The second kappa shape index (κ2) is 8.32. The van der Waals surface area contributed by atoms with E-state index in [1.54, 1.807) is 0 Å². The third kappa shape index (κ3) is 4.10. The molecule has 1 atom stereocenters. The average molecular weight is 417 g/mol. The van der Waals surface area contributed by atoms with Crippen LogP contribution in [0.2, 0.25) is 0 Å². The molecule has 24 heavy (non-hydrogen) atoms. The molecule has 0 bridgehead atoms. The van der Waals surface area contributed by atoms with Gasteiger partial charge in [-0.25, -0.2) is 0 Å². The van der Waals surface area contributed by atoms with Gasteiger partial charge in [0.2, 0.25) is 5.91 Å². The minimum atomic E-state index is 0. The van der Waals surface area contributed by atoms with Crippen LogP contribution in [0.3, 0.4) is 0 Å². The first-order valence-corrected chi connectivity index (χ1v) is 8.91. The van der Waals surface area contributed by atoms with E-state index in [2.05, 4.69) is 21.2 Å². The highest BCUT2D eigenvalue weighted by Gasteiger charge is 2.32. The molecular weight excluding hydrogens is 394 g/mol. The quantitative estimate of drug-likeness (QED) is 0.804. The molecule has 1 aromatic carbocycles. The third-order valence-electron chi connectivity index (χ3n) is 4.61. The Labute approximate surface area is 157 Å². The van der Waals surface area contributed by atoms with Crippen LogP contribution in [0.15, 0.2) is 22.7 Å². The molecule has 132 valence electrons. The monoisotopic (exact) mass is 415 g/mol. The summed E-state index contributed by atoms with van der Waals surface area (Å²) in [5.41, 5.74) is 1.82. The summed E-state index contributed by atoms with van der Waals surface area (Å²) in [6.45, 7) is 5.38. The van der Waals surface area contributed by atoms with E-state index >= 15 is 0 Å². The molecule has 2 aliphatic rings. The van der Waals surface area contributed by atoms with E-state index < -0.39 is 0 Å². The number of halogens is 2. The second-order valence-electron chi connectivity index (χ2n) is 6.29. The Balaban J connectivity index is 0.00000208. The number of piperidine rings is 1. The van der Waals surface area contributed by atoms with Crippen molar-refractivity contribution < 1.29 is 9.59 Å². The van der Waals surface area contributed by atoms with Gasteiger partial charge in [-0.05, 0) is 53.4 Å². The molecule has 0 aliphatic carbocycles. The molecule has 1 unspecified atom stereocenters. The summed E-state index contributed by atoms with van der Waals surface area (Å²) < 4.78 is 0.836. The van der Waals surface area contributed by atoms with Crippen molar-refractivity contribution in [2.45, 2.75) is 25.8 Å². The van der Waals surface area contributed by atoms with E-state index in [1.807, 2.05) is 34.9 Å². The van der Waals surface area contributed by atoms with Crippen molar-refractivity contribution >= 4 is 40.2 Å². The fraction of sp³-hybridized carbons (Fsp3) is 0.529. The normalized spacial score (nSPS) is 21.4. The lowest BCUT2D eigenvalue weighted by molar-refractivity contribution is -0.135. The van der Waals surface area contributed by atoms with Gasteiger partial charge in [0.15, 0.2) is 0 Å². The summed E-state index contributed by atoms with van der Waals surface area (Å²) in [7, 11) is 0. The van der Waals surface area contributed by atoms with Gasteiger partial charge in [-0.15, -0.1) is 12.4 Å². The van der Waals surface area contributed by atoms with Crippen molar-refractivity contribution in [1.29, 1.82) is 0 Å². The van der Waals surface area contributed by atoms with E-state index in [9.17, 15) is 9.59 Å². The molecule has 1 aromatic rings. The number of carbonyl (C=O) groups excluding carboxylic acids is 2. The van der Waals surface area contributed by atoms with Crippen molar-refractivity contribution in [1.82, 2.24) is 15.1 Å². The highest BCUT2D eigenvalue weighted by atomic mass is 79.9. The first-order chi connectivity index (χ1) is 11.1. The van der Waals surface area contributed by atoms with Gasteiger partial charge in [0, 0.05) is 36.7 Å². The summed E-state index contributed by atoms with van der Waals surface area (Å²) in [5, 5.41) is 3.10. The van der Waals surface area contributed by atoms with Crippen LogP contribution in [0.25, 0.3) is 0 Å². The Bertz CT molecular complexity index is 626. The molecule has 2 aliphatic heterocycles. The second-order valence-corrected chi connectivity index (χ2v) is 7.15. The number of nitrogens with one attached hydrogen (secondary N) is 1. The van der Waals surface area contributed by atoms with E-state index in [4.69, 9.17) is 0 Å². The van der Waals surface area contributed by atoms with Crippen molar-refractivity contribution in [3.05, 3.63) is 33.8 Å². The molecule has 5 nitrogen and oxygen atoms in total. The molecule has 0 aromatic heterocycles. The zero-order valence-electron chi connectivity index (χ0n) is 13.8. The van der Waals surface area contributed by atoms with Gasteiger partial charge in [-0.3, -0.25) is 9.59 Å². The zero-order chi connectivity index (χ0) is 16.4. The fourth-order valence-electron chi connectivity index (χ4n) is 3.36. The minimum Gasteiger partial charge on any atom is -0.337 e. The Morgan fingerprint density at radius 2 is 2.12 bits per heavy atom. The van der Waals surface area contributed by atoms with Gasteiger partial charge in [-0.2, -0.15) is 0 Å². The van der Waals surface area contributed by atoms with Crippen LogP contribution in [0.4, 0.5) is 0 Å². The van der Waals surface area contributed by atoms with Gasteiger partial charge < -0.3 is 15.1 Å². The predicted octanol–water partition coefficient (Wildman–Crippen LogP) is 2.22. The molecule has 0 saturated carbocycles. The van der Waals surface area contributed by atoms with Crippen LogP contribution in [-0.2, 0) is 4.79 Å². The highest BCUT2D eigenvalue weighted by molar-refractivity contribution is 9.10. The molecular formula is C17H23BrClN3O2. The first kappa shape index (κ1) is 19.2. The maximum atomic E-state index is 12.8. The lowest BCUT2D eigenvalue weighted by Gasteiger charge is -2.41. The standard InChI is InChI=1S/C17H22BrN3O2.ClH/c1-12-4-5-14(15(18)9-12)17(23)20-7-2-3-13(11-20)21-8-6-19-10-16(21)22;/h4-5,9,13,19H,2-3,6-8,10-11H2,1H3;1H. The maximum absolute atomic E-state index is 12.8. The largest absolute Gasteiger partial charge is 0.337 e. The van der Waals surface area contributed by atoms with E-state index in [-0.39, 0.29) is 30.3 Å². The number of aryl methyl sites for hydroxylation is 1. The number of nitrogens with zero attached hydrogens (tertiary/aromatic N) is 2. The van der Waals surface area contributed by atoms with E-state index in [0.29, 0.717) is 18.7 Å². The van der Waals surface area contributed by atoms with Gasteiger partial charge >= 0.3 is 0 Å². The van der Waals surface area contributed by atoms with Gasteiger partial charge in [0.05, 0.1) is 12.1 Å². The number of hydrogen-bond donors (Lipinski definition) is 1. The topological polar surface area (TPSA) is 52.7 Å². The number of piperazine rings is 1. The fourth-order valence-corrected chi connectivity index (χ4v) is 4.03. The van der Waals surface area contributed by atoms with Gasteiger partial charge in [-0.1, -0.05) is 6.07 Å². The summed E-state index contributed by atoms with van der Waals surface area (Å²) in [6, 6.07) is 5.95. The number of rotatable bonds is 2. The molecule has 2 fully saturated rings. The zero-order valence-corrected chi connectivity index (χ0v) is 16.2. The van der Waals surface area contributed by atoms with Crippen molar-refractivity contribution in [2.75, 3.05) is 32.7 Å². The van der Waals surface area contributed by atoms with E-state index in [0.717, 1.165) is 42.5 Å². The molecule has 0 radical (unpaired) electrons. The van der Waals surface area contributed by atoms with E-state index in [1.165, 1.54) is 0 Å². The summed E-state index contributed by atoms with van der Waals surface area (Å²) in [5.74, 6) is 0.191. The van der Waals surface area contributed by atoms with Crippen molar-refractivity contribution in [2.24, 2.45) is 0 Å².